The second kappa shape index (κ2) is 7.21. The summed E-state index contributed by atoms with van der Waals surface area (Å²) in [4.78, 5) is 23.2. The molecule has 24 heavy (non-hydrogen) atoms. The van der Waals surface area contributed by atoms with Gasteiger partial charge in [0.25, 0.3) is 5.95 Å². The Labute approximate surface area is 145 Å². The lowest BCUT2D eigenvalue weighted by atomic mass is 10.3. The first-order chi connectivity index (χ1) is 11.5. The Kier molecular flexibility index (Phi) is 5.03. The van der Waals surface area contributed by atoms with Gasteiger partial charge in [-0.2, -0.15) is 21.5 Å². The van der Waals surface area contributed by atoms with E-state index in [1.54, 1.807) is 16.9 Å². The molecule has 0 unspecified atom stereocenters. The normalized spacial score (nSPS) is 18.3. The van der Waals surface area contributed by atoms with Crippen LogP contribution in [-0.2, 0) is 0 Å². The van der Waals surface area contributed by atoms with Crippen molar-refractivity contribution in [3.63, 3.8) is 0 Å². The van der Waals surface area contributed by atoms with E-state index in [4.69, 9.17) is 0 Å². The van der Waals surface area contributed by atoms with Crippen LogP contribution in [0.3, 0.4) is 0 Å². The largest absolute Gasteiger partial charge is 0.324 e. The van der Waals surface area contributed by atoms with Gasteiger partial charge in [0, 0.05) is 41.5 Å². The van der Waals surface area contributed by atoms with E-state index in [0.717, 1.165) is 36.7 Å². The summed E-state index contributed by atoms with van der Waals surface area (Å²) in [7, 11) is 0. The molecule has 0 aliphatic carbocycles. The maximum Gasteiger partial charge on any atom is 0.323 e. The van der Waals surface area contributed by atoms with Crippen molar-refractivity contribution < 1.29 is 4.79 Å². The molecule has 7 nitrogen and oxygen atoms in total. The molecule has 8 heteroatoms. The van der Waals surface area contributed by atoms with Gasteiger partial charge in [-0.1, -0.05) is 6.92 Å². The van der Waals surface area contributed by atoms with Gasteiger partial charge in [-0.25, -0.2) is 14.8 Å². The number of amides is 2. The standard InChI is InChI=1S/C16H22N6OS/c1-11-10-12(2)19-15(18-11)22-14(4-6-17-22)20-16(23)21-7-5-13(3)24-9-8-21/h4,6,10,13H,5,7-9H2,1-3H3,(H,20,23)/t13-/m1/s1. The number of nitrogens with one attached hydrogen (secondary N) is 1. The first-order valence-corrected chi connectivity index (χ1v) is 9.12. The van der Waals surface area contributed by atoms with Gasteiger partial charge in [0.2, 0.25) is 0 Å². The zero-order valence-electron chi connectivity index (χ0n) is 14.2. The van der Waals surface area contributed by atoms with Crippen LogP contribution in [0, 0.1) is 13.8 Å². The first-order valence-electron chi connectivity index (χ1n) is 8.07. The average molecular weight is 346 g/mol. The van der Waals surface area contributed by atoms with E-state index in [9.17, 15) is 4.79 Å². The van der Waals surface area contributed by atoms with Gasteiger partial charge in [-0.3, -0.25) is 5.32 Å². The van der Waals surface area contributed by atoms with Gasteiger partial charge in [-0.05, 0) is 26.3 Å². The lowest BCUT2D eigenvalue weighted by molar-refractivity contribution is 0.215. The second-order valence-electron chi connectivity index (χ2n) is 5.97. The first kappa shape index (κ1) is 16.8. The van der Waals surface area contributed by atoms with Crippen molar-refractivity contribution in [3.8, 4) is 5.95 Å². The van der Waals surface area contributed by atoms with Crippen LogP contribution in [0.25, 0.3) is 5.95 Å². The third kappa shape index (κ3) is 3.87. The van der Waals surface area contributed by atoms with Crippen LogP contribution in [0.15, 0.2) is 18.3 Å². The van der Waals surface area contributed by atoms with Crippen LogP contribution < -0.4 is 5.32 Å². The molecule has 3 heterocycles. The molecule has 0 bridgehead atoms. The van der Waals surface area contributed by atoms with Crippen LogP contribution in [0.2, 0.25) is 0 Å². The molecule has 0 aromatic carbocycles. The van der Waals surface area contributed by atoms with Crippen LogP contribution in [-0.4, -0.2) is 54.8 Å². The average Bonchev–Trinajstić information content (AvgIpc) is 2.86. The molecular formula is C16H22N6OS. The number of anilines is 1. The minimum Gasteiger partial charge on any atom is -0.324 e. The Morgan fingerprint density at radius 2 is 2.04 bits per heavy atom. The van der Waals surface area contributed by atoms with Crippen molar-refractivity contribution in [1.29, 1.82) is 0 Å². The van der Waals surface area contributed by atoms with E-state index in [1.807, 2.05) is 36.6 Å². The lowest BCUT2D eigenvalue weighted by Crippen LogP contribution is -2.37. The molecule has 3 rings (SSSR count). The van der Waals surface area contributed by atoms with E-state index >= 15 is 0 Å². The molecular weight excluding hydrogens is 324 g/mol. The van der Waals surface area contributed by atoms with Crippen LogP contribution >= 0.6 is 11.8 Å². The molecule has 1 fully saturated rings. The van der Waals surface area contributed by atoms with Crippen molar-refractivity contribution >= 4 is 23.6 Å². The fraction of sp³-hybridized carbons (Fsp3) is 0.500. The lowest BCUT2D eigenvalue weighted by Gasteiger charge is -2.20. The molecule has 1 aliphatic rings. The minimum atomic E-state index is -0.101. The Hall–Kier alpha value is -2.09. The minimum absolute atomic E-state index is 0.101. The zero-order valence-corrected chi connectivity index (χ0v) is 15.0. The molecule has 1 N–H and O–H groups in total. The topological polar surface area (TPSA) is 75.9 Å². The number of nitrogens with zero attached hydrogens (tertiary/aromatic N) is 5. The third-order valence-corrected chi connectivity index (χ3v) is 5.12. The summed E-state index contributed by atoms with van der Waals surface area (Å²) in [5, 5.41) is 7.78. The summed E-state index contributed by atoms with van der Waals surface area (Å²) in [6.07, 6.45) is 2.65. The molecule has 1 atom stereocenters. The van der Waals surface area contributed by atoms with E-state index < -0.39 is 0 Å². The summed E-state index contributed by atoms with van der Waals surface area (Å²) in [6, 6.07) is 3.56. The van der Waals surface area contributed by atoms with Crippen molar-refractivity contribution in [1.82, 2.24) is 24.6 Å². The molecule has 0 spiro atoms. The predicted molar refractivity (Wildman–Crippen MR) is 95.8 cm³/mol. The van der Waals surface area contributed by atoms with Gasteiger partial charge in [0.05, 0.1) is 6.20 Å². The highest BCUT2D eigenvalue weighted by Gasteiger charge is 2.20. The summed E-state index contributed by atoms with van der Waals surface area (Å²) < 4.78 is 1.56. The number of aryl methyl sites for hydroxylation is 2. The van der Waals surface area contributed by atoms with Crippen LogP contribution in [0.5, 0.6) is 0 Å². The highest BCUT2D eigenvalue weighted by atomic mass is 32.2. The van der Waals surface area contributed by atoms with E-state index in [1.165, 1.54) is 0 Å². The molecule has 0 saturated carbocycles. The van der Waals surface area contributed by atoms with Gasteiger partial charge < -0.3 is 4.90 Å². The number of rotatable bonds is 2. The molecule has 1 aliphatic heterocycles. The number of hydrogen-bond donors (Lipinski definition) is 1. The molecule has 2 aromatic rings. The zero-order chi connectivity index (χ0) is 17.1. The van der Waals surface area contributed by atoms with Gasteiger partial charge in [-0.15, -0.1) is 0 Å². The number of carbonyl (C=O) groups is 1. The maximum atomic E-state index is 12.6. The van der Waals surface area contributed by atoms with E-state index in [-0.39, 0.29) is 6.03 Å². The second-order valence-corrected chi connectivity index (χ2v) is 7.51. The number of carbonyl (C=O) groups excluding carboxylic acids is 1. The quantitative estimate of drug-likeness (QED) is 0.905. The third-order valence-electron chi connectivity index (χ3n) is 3.89. The van der Waals surface area contributed by atoms with E-state index in [2.05, 4.69) is 27.3 Å². The van der Waals surface area contributed by atoms with Crippen molar-refractivity contribution in [2.24, 2.45) is 0 Å². The summed E-state index contributed by atoms with van der Waals surface area (Å²) in [6.45, 7) is 7.56. The van der Waals surface area contributed by atoms with Crippen LogP contribution in [0.1, 0.15) is 24.7 Å². The van der Waals surface area contributed by atoms with Gasteiger partial charge >= 0.3 is 6.03 Å². The Morgan fingerprint density at radius 3 is 2.79 bits per heavy atom. The van der Waals surface area contributed by atoms with Crippen molar-refractivity contribution in [2.75, 3.05) is 24.2 Å². The number of urea groups is 1. The monoisotopic (exact) mass is 346 g/mol. The summed E-state index contributed by atoms with van der Waals surface area (Å²) in [5.41, 5.74) is 1.73. The smallest absolute Gasteiger partial charge is 0.323 e. The molecule has 0 radical (unpaired) electrons. The predicted octanol–water partition coefficient (Wildman–Crippen LogP) is 2.64. The van der Waals surface area contributed by atoms with Crippen LogP contribution in [0.4, 0.5) is 10.6 Å². The molecule has 2 amide bonds. The Morgan fingerprint density at radius 1 is 1.29 bits per heavy atom. The fourth-order valence-corrected chi connectivity index (χ4v) is 3.65. The Bertz CT molecular complexity index is 711. The molecule has 2 aromatic heterocycles. The molecule has 128 valence electrons. The van der Waals surface area contributed by atoms with Gasteiger partial charge in [0.1, 0.15) is 5.82 Å². The SMILES string of the molecule is Cc1cc(C)nc(-n2nccc2NC(=O)N2CCS[C@H](C)CC2)n1. The highest BCUT2D eigenvalue weighted by molar-refractivity contribution is 7.99. The fourth-order valence-electron chi connectivity index (χ4n) is 2.65. The highest BCUT2D eigenvalue weighted by Crippen LogP contribution is 2.20. The number of thioether (sulfide) groups is 1. The number of hydrogen-bond acceptors (Lipinski definition) is 5. The summed E-state index contributed by atoms with van der Waals surface area (Å²) >= 11 is 1.91. The molecule has 1 saturated heterocycles. The maximum absolute atomic E-state index is 12.6. The van der Waals surface area contributed by atoms with Crippen molar-refractivity contribution in [3.05, 3.63) is 29.7 Å². The number of aromatic nitrogens is 4. The summed E-state index contributed by atoms with van der Waals surface area (Å²) in [5.74, 6) is 2.01. The van der Waals surface area contributed by atoms with E-state index in [0.29, 0.717) is 17.0 Å². The Balaban J connectivity index is 1.77. The van der Waals surface area contributed by atoms with Gasteiger partial charge in [0.15, 0.2) is 0 Å². The van der Waals surface area contributed by atoms with Crippen molar-refractivity contribution in [2.45, 2.75) is 32.4 Å².